The van der Waals surface area contributed by atoms with Crippen LogP contribution in [-0.2, 0) is 9.92 Å². The van der Waals surface area contributed by atoms with E-state index in [2.05, 4.69) is 9.08 Å². The molecule has 4 nitrogen and oxygen atoms in total. The molecule has 0 radical (unpaired) electrons. The van der Waals surface area contributed by atoms with Crippen molar-refractivity contribution in [2.45, 2.75) is 18.7 Å². The minimum absolute atomic E-state index is 0.524. The lowest BCUT2D eigenvalue weighted by atomic mass is 10.3. The lowest BCUT2D eigenvalue weighted by molar-refractivity contribution is 0.664. The van der Waals surface area contributed by atoms with Gasteiger partial charge in [-0.2, -0.15) is 0 Å². The topological polar surface area (TPSA) is 67.5 Å². The Morgan fingerprint density at radius 3 is 2.40 bits per heavy atom. The summed E-state index contributed by atoms with van der Waals surface area (Å²) in [6, 6.07) is 6.97. The van der Waals surface area contributed by atoms with Crippen molar-refractivity contribution in [1.29, 1.82) is 0 Å². The highest BCUT2D eigenvalue weighted by atomic mass is 32.2. The van der Waals surface area contributed by atoms with Gasteiger partial charge in [0.05, 0.1) is 4.90 Å². The van der Waals surface area contributed by atoms with E-state index in [9.17, 15) is 4.21 Å². The molecule has 1 rings (SSSR count). The summed E-state index contributed by atoms with van der Waals surface area (Å²) in [5.74, 6) is 0. The average Bonchev–Trinajstić information content (AvgIpc) is 2.19. The Kier molecular flexibility index (Phi) is 4.11. The lowest BCUT2D eigenvalue weighted by Gasteiger charge is -2.10. The Hall–Kier alpha value is -1.07. The molecule has 0 heterocycles. The highest BCUT2D eigenvalue weighted by molar-refractivity contribution is 7.91. The van der Waals surface area contributed by atoms with Gasteiger partial charge in [-0.05, 0) is 31.2 Å². The maximum absolute atomic E-state index is 12.4. The molecule has 0 aromatic heterocycles. The summed E-state index contributed by atoms with van der Waals surface area (Å²) in [6.07, 6.45) is 0. The second kappa shape index (κ2) is 5.14. The van der Waals surface area contributed by atoms with Crippen LogP contribution in [0.3, 0.4) is 0 Å². The van der Waals surface area contributed by atoms with Crippen LogP contribution in [0.25, 0.3) is 0 Å². The first kappa shape index (κ1) is 12.0. The molecule has 0 aliphatic heterocycles. The summed E-state index contributed by atoms with van der Waals surface area (Å²) in [6.45, 7) is 4.92. The fourth-order valence-electron chi connectivity index (χ4n) is 1.23. The second-order valence-corrected chi connectivity index (χ2v) is 5.11. The van der Waals surface area contributed by atoms with Crippen molar-refractivity contribution >= 4 is 15.6 Å². The van der Waals surface area contributed by atoms with Crippen LogP contribution in [0, 0.1) is 0 Å². The van der Waals surface area contributed by atoms with Crippen molar-refractivity contribution in [3.05, 3.63) is 24.3 Å². The fraction of sp³-hybridized carbons (Fsp3) is 0.400. The zero-order valence-electron chi connectivity index (χ0n) is 9.06. The van der Waals surface area contributed by atoms with Crippen LogP contribution in [0.1, 0.15) is 13.8 Å². The lowest BCUT2D eigenvalue weighted by Crippen LogP contribution is -2.23. The SMILES string of the molecule is CCN=S(=O)(NCC)c1ccc(N)cc1. The van der Waals surface area contributed by atoms with Gasteiger partial charge in [-0.25, -0.2) is 13.3 Å². The van der Waals surface area contributed by atoms with E-state index in [4.69, 9.17) is 5.73 Å². The quantitative estimate of drug-likeness (QED) is 0.768. The van der Waals surface area contributed by atoms with E-state index in [1.54, 1.807) is 24.3 Å². The van der Waals surface area contributed by atoms with Crippen LogP contribution in [0.2, 0.25) is 0 Å². The molecule has 1 aromatic rings. The normalized spacial score (nSPS) is 14.5. The van der Waals surface area contributed by atoms with E-state index >= 15 is 0 Å². The number of rotatable bonds is 4. The zero-order valence-corrected chi connectivity index (χ0v) is 9.88. The number of nitrogens with one attached hydrogen (secondary N) is 1. The van der Waals surface area contributed by atoms with Gasteiger partial charge in [0.2, 0.25) is 0 Å². The molecule has 0 bridgehead atoms. The van der Waals surface area contributed by atoms with E-state index in [1.807, 2.05) is 13.8 Å². The predicted octanol–water partition coefficient (Wildman–Crippen LogP) is 1.64. The fourth-order valence-corrected chi connectivity index (χ4v) is 2.90. The summed E-state index contributed by atoms with van der Waals surface area (Å²) in [7, 11) is -2.47. The third kappa shape index (κ3) is 2.94. The molecule has 0 spiro atoms. The van der Waals surface area contributed by atoms with Gasteiger partial charge in [-0.1, -0.05) is 6.92 Å². The van der Waals surface area contributed by atoms with Crippen LogP contribution in [-0.4, -0.2) is 17.3 Å². The molecule has 15 heavy (non-hydrogen) atoms. The second-order valence-electron chi connectivity index (χ2n) is 3.04. The van der Waals surface area contributed by atoms with Crippen molar-refractivity contribution < 1.29 is 4.21 Å². The van der Waals surface area contributed by atoms with Gasteiger partial charge in [-0.3, -0.25) is 0 Å². The molecule has 0 amide bonds. The number of nitrogens with zero attached hydrogens (tertiary/aromatic N) is 1. The van der Waals surface area contributed by atoms with Crippen LogP contribution in [0.4, 0.5) is 5.69 Å². The third-order valence-corrected chi connectivity index (χ3v) is 4.06. The molecule has 5 heteroatoms. The minimum atomic E-state index is -2.47. The molecule has 3 N–H and O–H groups in total. The summed E-state index contributed by atoms with van der Waals surface area (Å²) >= 11 is 0. The Balaban J connectivity index is 3.16. The molecule has 0 aliphatic carbocycles. The van der Waals surface area contributed by atoms with E-state index in [0.717, 1.165) is 0 Å². The first-order valence-electron chi connectivity index (χ1n) is 4.95. The van der Waals surface area contributed by atoms with Crippen molar-refractivity contribution in [1.82, 2.24) is 4.72 Å². The Bertz CT molecular complexity index is 419. The van der Waals surface area contributed by atoms with Gasteiger partial charge in [0.25, 0.3) is 0 Å². The molecule has 0 aliphatic rings. The summed E-state index contributed by atoms with van der Waals surface area (Å²) in [5, 5.41) is 0. The molecule has 1 aromatic carbocycles. The monoisotopic (exact) mass is 227 g/mol. The molecular formula is C10H17N3OS. The maximum atomic E-state index is 12.4. The summed E-state index contributed by atoms with van der Waals surface area (Å²) < 4.78 is 19.4. The smallest absolute Gasteiger partial charge is 0.137 e. The standard InChI is InChI=1S/C10H17N3OS/c1-3-12-15(14,13-4-2)10-7-5-9(11)6-8-10/h5-8H,3-4,11H2,1-2H3,(H,12,13,14). The van der Waals surface area contributed by atoms with E-state index in [0.29, 0.717) is 23.7 Å². The van der Waals surface area contributed by atoms with Crippen molar-refractivity contribution in [3.8, 4) is 0 Å². The number of hydrogen-bond donors (Lipinski definition) is 2. The maximum Gasteiger partial charge on any atom is 0.137 e. The number of hydrogen-bond acceptors (Lipinski definition) is 3. The molecule has 0 fully saturated rings. The van der Waals surface area contributed by atoms with Gasteiger partial charge in [0, 0.05) is 18.8 Å². The highest BCUT2D eigenvalue weighted by Crippen LogP contribution is 2.13. The average molecular weight is 227 g/mol. The number of anilines is 1. The Labute approximate surface area is 91.2 Å². The summed E-state index contributed by atoms with van der Waals surface area (Å²) in [4.78, 5) is 0.681. The Morgan fingerprint density at radius 1 is 1.33 bits per heavy atom. The first-order chi connectivity index (χ1) is 7.12. The van der Waals surface area contributed by atoms with Gasteiger partial charge in [0.1, 0.15) is 9.92 Å². The molecule has 1 unspecified atom stereocenters. The van der Waals surface area contributed by atoms with Crippen molar-refractivity contribution in [2.24, 2.45) is 4.36 Å². The molecular weight excluding hydrogens is 210 g/mol. The van der Waals surface area contributed by atoms with Gasteiger partial charge in [-0.15, -0.1) is 0 Å². The number of benzene rings is 1. The zero-order chi connectivity index (χ0) is 11.3. The number of nitrogens with two attached hydrogens (primary N) is 1. The predicted molar refractivity (Wildman–Crippen MR) is 63.9 cm³/mol. The highest BCUT2D eigenvalue weighted by Gasteiger charge is 2.09. The van der Waals surface area contributed by atoms with E-state index in [-0.39, 0.29) is 0 Å². The van der Waals surface area contributed by atoms with Gasteiger partial charge < -0.3 is 5.73 Å². The van der Waals surface area contributed by atoms with Gasteiger partial charge in [0.15, 0.2) is 0 Å². The Morgan fingerprint density at radius 2 is 1.93 bits per heavy atom. The molecule has 1 atom stereocenters. The van der Waals surface area contributed by atoms with E-state index < -0.39 is 9.92 Å². The third-order valence-electron chi connectivity index (χ3n) is 1.85. The van der Waals surface area contributed by atoms with Crippen molar-refractivity contribution in [3.63, 3.8) is 0 Å². The minimum Gasteiger partial charge on any atom is -0.399 e. The van der Waals surface area contributed by atoms with Crippen LogP contribution in [0.5, 0.6) is 0 Å². The largest absolute Gasteiger partial charge is 0.399 e. The first-order valence-corrected chi connectivity index (χ1v) is 6.47. The van der Waals surface area contributed by atoms with Crippen LogP contribution >= 0.6 is 0 Å². The van der Waals surface area contributed by atoms with Crippen LogP contribution in [0.15, 0.2) is 33.5 Å². The van der Waals surface area contributed by atoms with Crippen molar-refractivity contribution in [2.75, 3.05) is 18.8 Å². The van der Waals surface area contributed by atoms with Gasteiger partial charge >= 0.3 is 0 Å². The molecule has 0 saturated carbocycles. The number of nitrogen functional groups attached to an aromatic ring is 1. The molecule has 84 valence electrons. The summed E-state index contributed by atoms with van der Waals surface area (Å²) in [5.41, 5.74) is 6.23. The van der Waals surface area contributed by atoms with Crippen LogP contribution < -0.4 is 10.5 Å². The molecule has 0 saturated heterocycles. The van der Waals surface area contributed by atoms with E-state index in [1.165, 1.54) is 0 Å².